The predicted octanol–water partition coefficient (Wildman–Crippen LogP) is 4.56. The lowest BCUT2D eigenvalue weighted by Gasteiger charge is -2.36. The molecule has 0 aliphatic carbocycles. The van der Waals surface area contributed by atoms with Crippen LogP contribution < -0.4 is 4.90 Å². The molecular weight excluding hydrogens is 487 g/mol. The Kier molecular flexibility index (Phi) is 6.96. The van der Waals surface area contributed by atoms with Crippen molar-refractivity contribution in [3.05, 3.63) is 83.9 Å². The number of nitrogens with zero attached hydrogens (tertiary/aromatic N) is 6. The van der Waals surface area contributed by atoms with Gasteiger partial charge in [-0.3, -0.25) is 14.3 Å². The Bertz CT molecular complexity index is 1330. The maximum Gasteiger partial charge on any atom is 0.233 e. The van der Waals surface area contributed by atoms with E-state index in [2.05, 4.69) is 15.2 Å². The minimum atomic E-state index is -0.244. The lowest BCUT2D eigenvalue weighted by Crippen LogP contribution is -2.49. The Morgan fingerprint density at radius 1 is 0.943 bits per heavy atom. The van der Waals surface area contributed by atoms with E-state index in [1.54, 1.807) is 30.6 Å². The molecule has 2 aromatic heterocycles. The normalized spacial score (nSPS) is 13.8. The van der Waals surface area contributed by atoms with Gasteiger partial charge in [-0.15, -0.1) is 10.2 Å². The number of hydrogen-bond acceptors (Lipinski definition) is 6. The van der Waals surface area contributed by atoms with Gasteiger partial charge in [0.25, 0.3) is 0 Å². The summed E-state index contributed by atoms with van der Waals surface area (Å²) in [4.78, 5) is 21.0. The van der Waals surface area contributed by atoms with Crippen molar-refractivity contribution >= 4 is 35.0 Å². The number of para-hydroxylation sites is 2. The second kappa shape index (κ2) is 10.5. The maximum absolute atomic E-state index is 14.1. The third-order valence-electron chi connectivity index (χ3n) is 5.80. The van der Waals surface area contributed by atoms with Crippen molar-refractivity contribution in [3.63, 3.8) is 0 Å². The fourth-order valence-corrected chi connectivity index (χ4v) is 5.09. The minimum absolute atomic E-state index is 0.000167. The monoisotopic (exact) mass is 508 g/mol. The summed E-state index contributed by atoms with van der Waals surface area (Å²) < 4.78 is 16.0. The summed E-state index contributed by atoms with van der Waals surface area (Å²) >= 11 is 7.81. The first-order valence-electron chi connectivity index (χ1n) is 11.1. The molecule has 1 fully saturated rings. The SMILES string of the molecule is O=C(CSc1nnc(-c2cccnc2)n1-c1ccccc1Cl)N1CCN(c2ccccc2F)CC1. The van der Waals surface area contributed by atoms with Gasteiger partial charge in [-0.25, -0.2) is 4.39 Å². The average Bonchev–Trinajstić information content (AvgIpc) is 3.32. The number of benzene rings is 2. The third-order valence-corrected chi connectivity index (χ3v) is 7.03. The van der Waals surface area contributed by atoms with Crippen molar-refractivity contribution < 1.29 is 9.18 Å². The van der Waals surface area contributed by atoms with Crippen LogP contribution in [-0.4, -0.2) is 62.5 Å². The van der Waals surface area contributed by atoms with Crippen molar-refractivity contribution in [3.8, 4) is 17.1 Å². The van der Waals surface area contributed by atoms with Crippen LogP contribution in [0.4, 0.5) is 10.1 Å². The third kappa shape index (κ3) is 5.01. The molecule has 4 aromatic rings. The molecule has 1 aliphatic heterocycles. The smallest absolute Gasteiger partial charge is 0.233 e. The van der Waals surface area contributed by atoms with E-state index in [0.29, 0.717) is 47.9 Å². The molecule has 0 saturated carbocycles. The molecule has 0 N–H and O–H groups in total. The predicted molar refractivity (Wildman–Crippen MR) is 136 cm³/mol. The quantitative estimate of drug-likeness (QED) is 0.356. The summed E-state index contributed by atoms with van der Waals surface area (Å²) in [5, 5.41) is 9.85. The van der Waals surface area contributed by atoms with Crippen LogP contribution in [0.3, 0.4) is 0 Å². The molecule has 0 bridgehead atoms. The van der Waals surface area contributed by atoms with Gasteiger partial charge in [0.05, 0.1) is 22.2 Å². The van der Waals surface area contributed by atoms with E-state index < -0.39 is 0 Å². The first-order chi connectivity index (χ1) is 17.1. The Morgan fingerprint density at radius 2 is 1.69 bits per heavy atom. The average molecular weight is 509 g/mol. The highest BCUT2D eigenvalue weighted by Crippen LogP contribution is 2.31. The van der Waals surface area contributed by atoms with Gasteiger partial charge in [0.1, 0.15) is 5.82 Å². The zero-order chi connectivity index (χ0) is 24.2. The molecule has 3 heterocycles. The highest BCUT2D eigenvalue weighted by molar-refractivity contribution is 7.99. The van der Waals surface area contributed by atoms with Crippen LogP contribution in [-0.2, 0) is 4.79 Å². The van der Waals surface area contributed by atoms with E-state index in [1.807, 2.05) is 50.8 Å². The van der Waals surface area contributed by atoms with Gasteiger partial charge in [-0.1, -0.05) is 47.6 Å². The molecule has 0 atom stereocenters. The molecule has 1 aliphatic rings. The van der Waals surface area contributed by atoms with Gasteiger partial charge in [0, 0.05) is 44.1 Å². The number of carbonyl (C=O) groups excluding carboxylic acids is 1. The molecule has 7 nitrogen and oxygen atoms in total. The number of carbonyl (C=O) groups is 1. The fourth-order valence-electron chi connectivity index (χ4n) is 4.02. The van der Waals surface area contributed by atoms with Gasteiger partial charge < -0.3 is 9.80 Å². The van der Waals surface area contributed by atoms with Gasteiger partial charge in [-0.05, 0) is 36.4 Å². The number of amides is 1. The molecule has 1 saturated heterocycles. The van der Waals surface area contributed by atoms with E-state index >= 15 is 0 Å². The first kappa shape index (κ1) is 23.3. The van der Waals surface area contributed by atoms with Gasteiger partial charge in [-0.2, -0.15) is 0 Å². The summed E-state index contributed by atoms with van der Waals surface area (Å²) in [7, 11) is 0. The number of pyridine rings is 1. The molecule has 1 amide bonds. The number of anilines is 1. The van der Waals surface area contributed by atoms with E-state index in [9.17, 15) is 9.18 Å². The Labute approximate surface area is 211 Å². The topological polar surface area (TPSA) is 67.2 Å². The van der Waals surface area contributed by atoms with Crippen LogP contribution in [0.25, 0.3) is 17.1 Å². The number of rotatable bonds is 6. The van der Waals surface area contributed by atoms with E-state index in [0.717, 1.165) is 11.3 Å². The van der Waals surface area contributed by atoms with Crippen LogP contribution in [0.5, 0.6) is 0 Å². The molecule has 2 aromatic carbocycles. The fraction of sp³-hybridized carbons (Fsp3) is 0.200. The van der Waals surface area contributed by atoms with E-state index in [1.165, 1.54) is 17.8 Å². The molecular formula is C25H22ClFN6OS. The summed E-state index contributed by atoms with van der Waals surface area (Å²) in [6, 6.07) is 17.9. The summed E-state index contributed by atoms with van der Waals surface area (Å²) in [5.41, 5.74) is 2.10. The van der Waals surface area contributed by atoms with Gasteiger partial charge >= 0.3 is 0 Å². The molecule has 0 radical (unpaired) electrons. The molecule has 0 unspecified atom stereocenters. The lowest BCUT2D eigenvalue weighted by molar-refractivity contribution is -0.128. The summed E-state index contributed by atoms with van der Waals surface area (Å²) in [6.45, 7) is 2.23. The van der Waals surface area contributed by atoms with Crippen LogP contribution in [0, 0.1) is 5.82 Å². The lowest BCUT2D eigenvalue weighted by atomic mass is 10.2. The van der Waals surface area contributed by atoms with Crippen molar-refractivity contribution in [2.24, 2.45) is 0 Å². The van der Waals surface area contributed by atoms with Gasteiger partial charge in [0.2, 0.25) is 5.91 Å². The Balaban J connectivity index is 1.30. The largest absolute Gasteiger partial charge is 0.366 e. The number of piperazine rings is 1. The molecule has 0 spiro atoms. The molecule has 5 rings (SSSR count). The van der Waals surface area contributed by atoms with Crippen LogP contribution >= 0.6 is 23.4 Å². The zero-order valence-electron chi connectivity index (χ0n) is 18.7. The highest BCUT2D eigenvalue weighted by atomic mass is 35.5. The van der Waals surface area contributed by atoms with Crippen LogP contribution in [0.2, 0.25) is 5.02 Å². The second-order valence-electron chi connectivity index (χ2n) is 7.94. The second-order valence-corrected chi connectivity index (χ2v) is 9.29. The van der Waals surface area contributed by atoms with E-state index in [4.69, 9.17) is 11.6 Å². The van der Waals surface area contributed by atoms with E-state index in [-0.39, 0.29) is 17.5 Å². The molecule has 35 heavy (non-hydrogen) atoms. The first-order valence-corrected chi connectivity index (χ1v) is 12.5. The van der Waals surface area contributed by atoms with Gasteiger partial charge in [0.15, 0.2) is 11.0 Å². The number of thioether (sulfide) groups is 1. The van der Waals surface area contributed by atoms with Crippen LogP contribution in [0.15, 0.2) is 78.2 Å². The van der Waals surface area contributed by atoms with Crippen molar-refractivity contribution in [2.75, 3.05) is 36.8 Å². The zero-order valence-corrected chi connectivity index (χ0v) is 20.3. The Hall–Kier alpha value is -3.43. The number of hydrogen-bond donors (Lipinski definition) is 0. The Morgan fingerprint density at radius 3 is 2.40 bits per heavy atom. The molecule has 10 heteroatoms. The number of halogens is 2. The van der Waals surface area contributed by atoms with Crippen molar-refractivity contribution in [1.29, 1.82) is 0 Å². The van der Waals surface area contributed by atoms with Crippen molar-refractivity contribution in [1.82, 2.24) is 24.6 Å². The summed E-state index contributed by atoms with van der Waals surface area (Å²) in [6.07, 6.45) is 3.41. The summed E-state index contributed by atoms with van der Waals surface area (Å²) in [5.74, 6) is 0.556. The minimum Gasteiger partial charge on any atom is -0.366 e. The number of aromatic nitrogens is 4. The highest BCUT2D eigenvalue weighted by Gasteiger charge is 2.24. The van der Waals surface area contributed by atoms with Crippen LogP contribution in [0.1, 0.15) is 0 Å². The maximum atomic E-state index is 14.1. The molecule has 178 valence electrons. The standard InChI is InChI=1S/C25H22ClFN6OS/c26-19-7-1-3-9-21(19)33-24(18-6-5-11-28-16-18)29-30-25(33)35-17-23(34)32-14-12-31(13-15-32)22-10-4-2-8-20(22)27/h1-11,16H,12-15,17H2. The van der Waals surface area contributed by atoms with Crippen molar-refractivity contribution in [2.45, 2.75) is 5.16 Å².